The first kappa shape index (κ1) is 24.0. The molecule has 1 unspecified atom stereocenters. The molecule has 1 fully saturated rings. The lowest BCUT2D eigenvalue weighted by Gasteiger charge is -2.28. The lowest BCUT2D eigenvalue weighted by molar-refractivity contribution is -0.921. The van der Waals surface area contributed by atoms with Crippen molar-refractivity contribution in [1.29, 1.82) is 0 Å². The predicted molar refractivity (Wildman–Crippen MR) is 127 cm³/mol. The number of hydrogen-bond acceptors (Lipinski definition) is 9. The van der Waals surface area contributed by atoms with Crippen molar-refractivity contribution in [3.05, 3.63) is 41.2 Å². The summed E-state index contributed by atoms with van der Waals surface area (Å²) in [7, 11) is 2.10. The van der Waals surface area contributed by atoms with Gasteiger partial charge in [0, 0.05) is 12.6 Å². The fourth-order valence-corrected chi connectivity index (χ4v) is 4.22. The van der Waals surface area contributed by atoms with E-state index in [1.807, 2.05) is 0 Å². The molecule has 5 N–H and O–H groups in total. The van der Waals surface area contributed by atoms with Crippen molar-refractivity contribution < 1.29 is 19.1 Å². The van der Waals surface area contributed by atoms with Gasteiger partial charge in [-0.25, -0.2) is 10.1 Å². The third-order valence-corrected chi connectivity index (χ3v) is 6.03. The van der Waals surface area contributed by atoms with E-state index in [2.05, 4.69) is 43.5 Å². The Hall–Kier alpha value is -4.13. The maximum atomic E-state index is 13.0. The van der Waals surface area contributed by atoms with Gasteiger partial charge in [0.1, 0.15) is 12.2 Å². The molecule has 1 aliphatic carbocycles. The largest absolute Gasteiger partial charge is 0.378 e. The standard InChI is InChI=1S/C22H28N10O3/c1-14(33)25-16-10-8-15(9-11-16)12-24-27-22(34)19-18(13-31(2)17-6-4-3-5-7-17)32(30-26-19)21-20(23)28-35-29-21/h8-12,17H,3-7,13H2,1-2H3,(H2,23,28)(H,25,33)(H,27,34)/p+1/b24-12-. The summed E-state index contributed by atoms with van der Waals surface area (Å²) in [5.74, 6) is -0.421. The maximum absolute atomic E-state index is 13.0. The number of nitrogens with two attached hydrogens (primary N) is 1. The Balaban J connectivity index is 1.51. The van der Waals surface area contributed by atoms with Crippen LogP contribution < -0.4 is 21.4 Å². The van der Waals surface area contributed by atoms with E-state index in [1.54, 1.807) is 24.3 Å². The van der Waals surface area contributed by atoms with Gasteiger partial charge in [-0.1, -0.05) is 23.8 Å². The molecule has 1 atom stereocenters. The van der Waals surface area contributed by atoms with Crippen LogP contribution in [0.2, 0.25) is 0 Å². The first-order chi connectivity index (χ1) is 16.9. The zero-order valence-corrected chi connectivity index (χ0v) is 19.7. The molecule has 13 nitrogen and oxygen atoms in total. The summed E-state index contributed by atoms with van der Waals surface area (Å²) in [4.78, 5) is 25.4. The van der Waals surface area contributed by atoms with Gasteiger partial charge in [-0.05, 0) is 53.7 Å². The van der Waals surface area contributed by atoms with Crippen LogP contribution in [0.5, 0.6) is 0 Å². The number of quaternary nitrogens is 1. The van der Waals surface area contributed by atoms with E-state index in [-0.39, 0.29) is 23.2 Å². The lowest BCUT2D eigenvalue weighted by atomic mass is 9.94. The summed E-state index contributed by atoms with van der Waals surface area (Å²) in [6.07, 6.45) is 7.42. The van der Waals surface area contributed by atoms with Gasteiger partial charge in [-0.15, -0.1) is 5.10 Å². The number of hydrazone groups is 1. The van der Waals surface area contributed by atoms with Crippen LogP contribution in [0.15, 0.2) is 34.0 Å². The Morgan fingerprint density at radius 3 is 2.63 bits per heavy atom. The summed E-state index contributed by atoms with van der Waals surface area (Å²) >= 11 is 0. The number of nitrogens with zero attached hydrogens (tertiary/aromatic N) is 6. The molecule has 184 valence electrons. The fourth-order valence-electron chi connectivity index (χ4n) is 4.22. The van der Waals surface area contributed by atoms with Crippen LogP contribution in [-0.2, 0) is 11.3 Å². The number of carbonyl (C=O) groups excluding carboxylic acids is 2. The zero-order chi connectivity index (χ0) is 24.8. The van der Waals surface area contributed by atoms with Gasteiger partial charge in [-0.3, -0.25) is 9.59 Å². The fraction of sp³-hybridized carbons (Fsp3) is 0.409. The second-order valence-electron chi connectivity index (χ2n) is 8.63. The van der Waals surface area contributed by atoms with Crippen molar-refractivity contribution in [3.63, 3.8) is 0 Å². The third kappa shape index (κ3) is 5.87. The van der Waals surface area contributed by atoms with E-state index in [0.29, 0.717) is 24.0 Å². The Morgan fingerprint density at radius 2 is 1.97 bits per heavy atom. The summed E-state index contributed by atoms with van der Waals surface area (Å²) in [6.45, 7) is 1.93. The summed E-state index contributed by atoms with van der Waals surface area (Å²) in [5, 5.41) is 22.4. The first-order valence-electron chi connectivity index (χ1n) is 11.5. The first-order valence-corrected chi connectivity index (χ1v) is 11.5. The number of carbonyl (C=O) groups is 2. The quantitative estimate of drug-likeness (QED) is 0.263. The van der Waals surface area contributed by atoms with Crippen LogP contribution in [-0.4, -0.2) is 56.4 Å². The highest BCUT2D eigenvalue weighted by Gasteiger charge is 2.29. The molecule has 2 heterocycles. The number of rotatable bonds is 8. The van der Waals surface area contributed by atoms with E-state index in [9.17, 15) is 9.59 Å². The highest BCUT2D eigenvalue weighted by Crippen LogP contribution is 2.18. The van der Waals surface area contributed by atoms with Gasteiger partial charge in [0.15, 0.2) is 5.69 Å². The number of nitrogen functional groups attached to an aromatic ring is 1. The molecular formula is C22H29N10O3+. The molecule has 0 bridgehead atoms. The highest BCUT2D eigenvalue weighted by atomic mass is 16.6. The zero-order valence-electron chi connectivity index (χ0n) is 19.7. The van der Waals surface area contributed by atoms with Gasteiger partial charge < -0.3 is 16.0 Å². The number of hydrogen-bond donors (Lipinski definition) is 4. The van der Waals surface area contributed by atoms with Crippen LogP contribution in [0.4, 0.5) is 11.5 Å². The summed E-state index contributed by atoms with van der Waals surface area (Å²) < 4.78 is 6.12. The average Bonchev–Trinajstić information content (AvgIpc) is 3.46. The molecule has 0 spiro atoms. The molecule has 35 heavy (non-hydrogen) atoms. The second kappa shape index (κ2) is 10.9. The topological polar surface area (TPSA) is 171 Å². The van der Waals surface area contributed by atoms with Gasteiger partial charge in [0.05, 0.1) is 19.3 Å². The van der Waals surface area contributed by atoms with Crippen LogP contribution in [0, 0.1) is 0 Å². The minimum Gasteiger partial charge on any atom is -0.378 e. The van der Waals surface area contributed by atoms with Crippen molar-refractivity contribution in [2.75, 3.05) is 18.1 Å². The van der Waals surface area contributed by atoms with Crippen LogP contribution in [0.25, 0.3) is 5.82 Å². The molecule has 2 amide bonds. The summed E-state index contributed by atoms with van der Waals surface area (Å²) in [6, 6.07) is 7.51. The van der Waals surface area contributed by atoms with E-state index >= 15 is 0 Å². The Kier molecular flexibility index (Phi) is 7.45. The average molecular weight is 482 g/mol. The van der Waals surface area contributed by atoms with E-state index in [1.165, 1.54) is 42.0 Å². The van der Waals surface area contributed by atoms with Crippen LogP contribution in [0.3, 0.4) is 0 Å². The van der Waals surface area contributed by atoms with Gasteiger partial charge in [0.2, 0.25) is 17.5 Å². The molecule has 4 rings (SSSR count). The van der Waals surface area contributed by atoms with Crippen LogP contribution in [0.1, 0.15) is 60.8 Å². The Morgan fingerprint density at radius 1 is 1.23 bits per heavy atom. The maximum Gasteiger partial charge on any atom is 0.294 e. The van der Waals surface area contributed by atoms with Crippen molar-refractivity contribution in [2.24, 2.45) is 5.10 Å². The minimum absolute atomic E-state index is 0.0548. The van der Waals surface area contributed by atoms with Gasteiger partial charge in [0.25, 0.3) is 5.91 Å². The number of nitrogens with one attached hydrogen (secondary N) is 3. The van der Waals surface area contributed by atoms with Crippen molar-refractivity contribution in [1.82, 2.24) is 30.7 Å². The Labute approximate surface area is 201 Å². The Bertz CT molecular complexity index is 1190. The number of anilines is 2. The summed E-state index contributed by atoms with van der Waals surface area (Å²) in [5.41, 5.74) is 10.5. The lowest BCUT2D eigenvalue weighted by Crippen LogP contribution is -3.11. The smallest absolute Gasteiger partial charge is 0.294 e. The second-order valence-corrected chi connectivity index (χ2v) is 8.63. The molecule has 13 heteroatoms. The molecule has 1 aliphatic rings. The third-order valence-electron chi connectivity index (χ3n) is 6.03. The van der Waals surface area contributed by atoms with E-state index in [4.69, 9.17) is 10.4 Å². The van der Waals surface area contributed by atoms with Crippen molar-refractivity contribution in [3.8, 4) is 5.82 Å². The molecule has 1 aromatic carbocycles. The number of benzene rings is 1. The van der Waals surface area contributed by atoms with E-state index in [0.717, 1.165) is 18.4 Å². The van der Waals surface area contributed by atoms with Gasteiger partial charge in [-0.2, -0.15) is 9.78 Å². The van der Waals surface area contributed by atoms with Gasteiger partial charge >= 0.3 is 0 Å². The predicted octanol–water partition coefficient (Wildman–Crippen LogP) is 0.302. The van der Waals surface area contributed by atoms with E-state index < -0.39 is 5.91 Å². The molecule has 0 saturated heterocycles. The number of amides is 2. The normalized spacial score (nSPS) is 15.3. The molecule has 1 saturated carbocycles. The van der Waals surface area contributed by atoms with Crippen molar-refractivity contribution in [2.45, 2.75) is 51.6 Å². The minimum atomic E-state index is -0.510. The van der Waals surface area contributed by atoms with Crippen LogP contribution >= 0.6 is 0 Å². The molecule has 3 aromatic rings. The monoisotopic (exact) mass is 481 g/mol. The molecule has 0 aliphatic heterocycles. The SMILES string of the molecule is CC(=O)Nc1ccc(/C=N\NC(=O)c2nnn(-c3nonc3N)c2C[NH+](C)C2CCCCC2)cc1. The number of aromatic nitrogens is 5. The molecular weight excluding hydrogens is 452 g/mol. The highest BCUT2D eigenvalue weighted by molar-refractivity contribution is 5.94. The van der Waals surface area contributed by atoms with Crippen molar-refractivity contribution >= 4 is 29.5 Å². The molecule has 0 radical (unpaired) electrons. The molecule has 2 aromatic heterocycles.